The summed E-state index contributed by atoms with van der Waals surface area (Å²) in [5.41, 5.74) is 0.176. The Morgan fingerprint density at radius 1 is 1.12 bits per heavy atom. The van der Waals surface area contributed by atoms with Gasteiger partial charge in [-0.25, -0.2) is 9.69 Å². The SMILES string of the molecule is COc1ccc(N2C(=O)NC(=O)C(=CC=Cc3ccco3)C2=O)cc1. The van der Waals surface area contributed by atoms with Gasteiger partial charge in [0, 0.05) is 0 Å². The first-order valence-corrected chi connectivity index (χ1v) is 7.36. The summed E-state index contributed by atoms with van der Waals surface area (Å²) in [6.45, 7) is 0. The lowest BCUT2D eigenvalue weighted by atomic mass is 10.1. The van der Waals surface area contributed by atoms with Gasteiger partial charge in [0.25, 0.3) is 11.8 Å². The van der Waals surface area contributed by atoms with E-state index in [1.54, 1.807) is 42.5 Å². The highest BCUT2D eigenvalue weighted by atomic mass is 16.5. The van der Waals surface area contributed by atoms with E-state index >= 15 is 0 Å². The molecule has 0 saturated carbocycles. The maximum absolute atomic E-state index is 12.6. The molecule has 1 aliphatic rings. The molecule has 1 saturated heterocycles. The first kappa shape index (κ1) is 16.3. The molecule has 3 rings (SSSR count). The molecule has 7 nitrogen and oxygen atoms in total. The number of benzene rings is 1. The number of allylic oxidation sites excluding steroid dienone is 2. The number of urea groups is 1. The average Bonchev–Trinajstić information content (AvgIpc) is 3.11. The second-order valence-electron chi connectivity index (χ2n) is 5.05. The second kappa shape index (κ2) is 6.88. The standard InChI is InChI=1S/C18H14N2O5/c1-24-13-9-7-12(8-10-13)20-17(22)15(16(21)19-18(20)23)6-2-4-14-5-3-11-25-14/h2-11H,1H3,(H,19,21,23). The quantitative estimate of drug-likeness (QED) is 0.683. The van der Waals surface area contributed by atoms with Crippen molar-refractivity contribution < 1.29 is 23.5 Å². The van der Waals surface area contributed by atoms with Crippen molar-refractivity contribution in [3.8, 4) is 5.75 Å². The Balaban J connectivity index is 1.88. The topological polar surface area (TPSA) is 88.8 Å². The van der Waals surface area contributed by atoms with Crippen LogP contribution in [0.3, 0.4) is 0 Å². The zero-order chi connectivity index (χ0) is 17.8. The minimum Gasteiger partial charge on any atom is -0.497 e. The zero-order valence-corrected chi connectivity index (χ0v) is 13.3. The van der Waals surface area contributed by atoms with E-state index in [0.717, 1.165) is 4.90 Å². The monoisotopic (exact) mass is 338 g/mol. The van der Waals surface area contributed by atoms with Gasteiger partial charge >= 0.3 is 6.03 Å². The predicted octanol–water partition coefficient (Wildman–Crippen LogP) is 2.51. The first-order valence-electron chi connectivity index (χ1n) is 7.36. The van der Waals surface area contributed by atoms with Crippen LogP contribution in [0, 0.1) is 0 Å². The van der Waals surface area contributed by atoms with Gasteiger partial charge < -0.3 is 9.15 Å². The number of imide groups is 2. The molecule has 2 aromatic rings. The van der Waals surface area contributed by atoms with Crippen molar-refractivity contribution in [3.63, 3.8) is 0 Å². The molecule has 1 fully saturated rings. The van der Waals surface area contributed by atoms with Crippen molar-refractivity contribution in [3.05, 3.63) is 66.1 Å². The van der Waals surface area contributed by atoms with Gasteiger partial charge in [-0.3, -0.25) is 14.9 Å². The number of furan rings is 1. The van der Waals surface area contributed by atoms with Crippen LogP contribution in [0.4, 0.5) is 10.5 Å². The van der Waals surface area contributed by atoms with E-state index in [4.69, 9.17) is 9.15 Å². The fourth-order valence-electron chi connectivity index (χ4n) is 2.27. The Kier molecular flexibility index (Phi) is 4.47. The molecule has 1 aromatic carbocycles. The Bertz CT molecular complexity index is 863. The molecule has 7 heteroatoms. The number of nitrogens with one attached hydrogen (secondary N) is 1. The van der Waals surface area contributed by atoms with Crippen molar-refractivity contribution in [1.29, 1.82) is 0 Å². The number of nitrogens with zero attached hydrogens (tertiary/aromatic N) is 1. The molecule has 1 aromatic heterocycles. The predicted molar refractivity (Wildman–Crippen MR) is 89.8 cm³/mol. The van der Waals surface area contributed by atoms with Gasteiger partial charge in [-0.05, 0) is 48.6 Å². The molecular formula is C18H14N2O5. The van der Waals surface area contributed by atoms with E-state index < -0.39 is 17.8 Å². The van der Waals surface area contributed by atoms with Crippen LogP contribution in [-0.2, 0) is 9.59 Å². The fourth-order valence-corrected chi connectivity index (χ4v) is 2.27. The van der Waals surface area contributed by atoms with Crippen molar-refractivity contribution in [1.82, 2.24) is 5.32 Å². The molecule has 0 unspecified atom stereocenters. The summed E-state index contributed by atoms with van der Waals surface area (Å²) in [6, 6.07) is 9.00. The summed E-state index contributed by atoms with van der Waals surface area (Å²) < 4.78 is 10.2. The Morgan fingerprint density at radius 3 is 2.52 bits per heavy atom. The summed E-state index contributed by atoms with van der Waals surface area (Å²) in [4.78, 5) is 37.5. The van der Waals surface area contributed by atoms with Gasteiger partial charge in [0.1, 0.15) is 17.1 Å². The summed E-state index contributed by atoms with van der Waals surface area (Å²) in [5.74, 6) is -0.294. The molecular weight excluding hydrogens is 324 g/mol. The lowest BCUT2D eigenvalue weighted by Gasteiger charge is -2.26. The number of barbiturate groups is 1. The van der Waals surface area contributed by atoms with E-state index in [9.17, 15) is 14.4 Å². The number of anilines is 1. The van der Waals surface area contributed by atoms with E-state index in [1.807, 2.05) is 0 Å². The molecule has 4 amide bonds. The Morgan fingerprint density at radius 2 is 1.88 bits per heavy atom. The van der Waals surface area contributed by atoms with Gasteiger partial charge in [0.2, 0.25) is 0 Å². The summed E-state index contributed by atoms with van der Waals surface area (Å²) >= 11 is 0. The van der Waals surface area contributed by atoms with Crippen LogP contribution in [0.25, 0.3) is 6.08 Å². The van der Waals surface area contributed by atoms with Crippen LogP contribution in [0.1, 0.15) is 5.76 Å². The van der Waals surface area contributed by atoms with Crippen LogP contribution >= 0.6 is 0 Å². The third-order valence-corrected chi connectivity index (χ3v) is 3.50. The lowest BCUT2D eigenvalue weighted by molar-refractivity contribution is -0.122. The molecule has 1 aliphatic heterocycles. The fraction of sp³-hybridized carbons (Fsp3) is 0.0556. The van der Waals surface area contributed by atoms with Gasteiger partial charge in [-0.1, -0.05) is 6.08 Å². The summed E-state index contributed by atoms with van der Waals surface area (Å²) in [7, 11) is 1.51. The molecule has 126 valence electrons. The average molecular weight is 338 g/mol. The molecule has 0 spiro atoms. The molecule has 2 heterocycles. The number of carbonyl (C=O) groups is 3. The smallest absolute Gasteiger partial charge is 0.335 e. The molecule has 0 aliphatic carbocycles. The number of amides is 4. The van der Waals surface area contributed by atoms with E-state index in [0.29, 0.717) is 17.2 Å². The first-order chi connectivity index (χ1) is 12.1. The van der Waals surface area contributed by atoms with Crippen LogP contribution in [-0.4, -0.2) is 25.0 Å². The van der Waals surface area contributed by atoms with E-state index in [1.165, 1.54) is 25.5 Å². The van der Waals surface area contributed by atoms with Gasteiger partial charge in [-0.15, -0.1) is 0 Å². The van der Waals surface area contributed by atoms with Crippen LogP contribution in [0.2, 0.25) is 0 Å². The summed E-state index contributed by atoms with van der Waals surface area (Å²) in [5, 5.41) is 2.15. The second-order valence-corrected chi connectivity index (χ2v) is 5.05. The molecule has 25 heavy (non-hydrogen) atoms. The van der Waals surface area contributed by atoms with Gasteiger partial charge in [0.15, 0.2) is 0 Å². The van der Waals surface area contributed by atoms with E-state index in [2.05, 4.69) is 5.32 Å². The highest BCUT2D eigenvalue weighted by Crippen LogP contribution is 2.23. The van der Waals surface area contributed by atoms with Crippen molar-refractivity contribution >= 4 is 29.6 Å². The number of ether oxygens (including phenoxy) is 1. The number of carbonyl (C=O) groups excluding carboxylic acids is 3. The maximum atomic E-state index is 12.6. The number of hydrogen-bond donors (Lipinski definition) is 1. The summed E-state index contributed by atoms with van der Waals surface area (Å²) in [6.07, 6.45) is 5.95. The largest absolute Gasteiger partial charge is 0.497 e. The Hall–Kier alpha value is -3.61. The van der Waals surface area contributed by atoms with Gasteiger partial charge in [0.05, 0.1) is 19.1 Å². The molecule has 1 N–H and O–H groups in total. The highest BCUT2D eigenvalue weighted by Gasteiger charge is 2.36. The number of hydrogen-bond acceptors (Lipinski definition) is 5. The number of methoxy groups -OCH3 is 1. The van der Waals surface area contributed by atoms with Crippen molar-refractivity contribution in [2.75, 3.05) is 12.0 Å². The van der Waals surface area contributed by atoms with Crippen molar-refractivity contribution in [2.45, 2.75) is 0 Å². The van der Waals surface area contributed by atoms with Gasteiger partial charge in [-0.2, -0.15) is 0 Å². The zero-order valence-electron chi connectivity index (χ0n) is 13.3. The van der Waals surface area contributed by atoms with Crippen LogP contribution < -0.4 is 15.0 Å². The van der Waals surface area contributed by atoms with E-state index in [-0.39, 0.29) is 5.57 Å². The number of rotatable bonds is 4. The molecule has 0 atom stereocenters. The third kappa shape index (κ3) is 3.35. The highest BCUT2D eigenvalue weighted by molar-refractivity contribution is 6.37. The minimum absolute atomic E-state index is 0.154. The van der Waals surface area contributed by atoms with Crippen LogP contribution in [0.5, 0.6) is 5.75 Å². The van der Waals surface area contributed by atoms with Crippen LogP contribution in [0.15, 0.2) is 64.8 Å². The molecule has 0 radical (unpaired) electrons. The Labute approximate surface area is 143 Å². The lowest BCUT2D eigenvalue weighted by Crippen LogP contribution is -2.54. The third-order valence-electron chi connectivity index (χ3n) is 3.50. The van der Waals surface area contributed by atoms with Crippen molar-refractivity contribution in [2.24, 2.45) is 0 Å². The molecule has 0 bridgehead atoms. The minimum atomic E-state index is -0.799. The maximum Gasteiger partial charge on any atom is 0.335 e. The normalized spacial score (nSPS) is 16.6.